The van der Waals surface area contributed by atoms with Crippen LogP contribution in [0.4, 0.5) is 11.4 Å². The summed E-state index contributed by atoms with van der Waals surface area (Å²) in [5.41, 5.74) is 9.98. The van der Waals surface area contributed by atoms with E-state index in [4.69, 9.17) is 15.0 Å². The van der Waals surface area contributed by atoms with Crippen LogP contribution in [-0.2, 0) is 0 Å². The molecule has 9 aromatic rings. The van der Waals surface area contributed by atoms with Crippen LogP contribution in [-0.4, -0.2) is 29.8 Å². The van der Waals surface area contributed by atoms with Crippen LogP contribution in [0.1, 0.15) is 6.04 Å². The van der Waals surface area contributed by atoms with Crippen molar-refractivity contribution in [3.05, 3.63) is 170 Å². The number of aromatic nitrogens is 5. The van der Waals surface area contributed by atoms with Crippen molar-refractivity contribution in [1.82, 2.24) is 28.7 Å². The van der Waals surface area contributed by atoms with Gasteiger partial charge in [0.1, 0.15) is 11.6 Å². The van der Waals surface area contributed by atoms with Gasteiger partial charge in [-0.25, -0.2) is 4.98 Å². The molecule has 0 saturated heterocycles. The van der Waals surface area contributed by atoms with E-state index >= 15 is 0 Å². The largest absolute Gasteiger partial charge is 0.317 e. The summed E-state index contributed by atoms with van der Waals surface area (Å²) in [7, 11) is 0. The molecular weight excluding hydrogens is 625 g/mol. The highest BCUT2D eigenvalue weighted by molar-refractivity contribution is 6.28. The van der Waals surface area contributed by atoms with Crippen molar-refractivity contribution in [3.63, 3.8) is 0 Å². The molecule has 0 N–H and O–H groups in total. The Morgan fingerprint density at radius 3 is 1.90 bits per heavy atom. The summed E-state index contributed by atoms with van der Waals surface area (Å²) in [5.74, 6) is 1.87. The zero-order valence-electron chi connectivity index (χ0n) is 27.4. The lowest BCUT2D eigenvalue weighted by molar-refractivity contribution is 0.783. The molecule has 11 rings (SSSR count). The van der Waals surface area contributed by atoms with Crippen molar-refractivity contribution in [1.29, 1.82) is 0 Å². The van der Waals surface area contributed by atoms with Gasteiger partial charge in [0.15, 0.2) is 11.6 Å². The average Bonchev–Trinajstić information content (AvgIpc) is 3.73. The fraction of sp³-hybridized carbons (Fsp3) is 0.0222. The van der Waals surface area contributed by atoms with Gasteiger partial charge in [-0.3, -0.25) is 4.57 Å². The van der Waals surface area contributed by atoms with Gasteiger partial charge in [0, 0.05) is 56.9 Å². The molecule has 1 aliphatic carbocycles. The smallest absolute Gasteiger partial charge is 0.238 e. The van der Waals surface area contributed by atoms with Crippen LogP contribution >= 0.6 is 0 Å². The maximum absolute atomic E-state index is 5.17. The van der Waals surface area contributed by atoms with E-state index in [0.29, 0.717) is 17.6 Å². The van der Waals surface area contributed by atoms with Crippen molar-refractivity contribution < 1.29 is 0 Å². The molecule has 0 saturated carbocycles. The molecule has 3 aromatic heterocycles. The molecule has 0 spiro atoms. The zero-order chi connectivity index (χ0) is 33.5. The van der Waals surface area contributed by atoms with Crippen LogP contribution in [0, 0.1) is 0 Å². The second kappa shape index (κ2) is 10.8. The van der Waals surface area contributed by atoms with E-state index in [1.807, 2.05) is 36.4 Å². The number of fused-ring (bicyclic) bond motifs is 9. The summed E-state index contributed by atoms with van der Waals surface area (Å²) in [6.45, 7) is 0. The quantitative estimate of drug-likeness (QED) is 0.178. The third kappa shape index (κ3) is 4.04. The van der Waals surface area contributed by atoms with Crippen molar-refractivity contribution in [2.45, 2.75) is 6.04 Å². The lowest BCUT2D eigenvalue weighted by Gasteiger charge is -2.24. The summed E-state index contributed by atoms with van der Waals surface area (Å²) < 4.78 is 7.20. The Bertz CT molecular complexity index is 2890. The van der Waals surface area contributed by atoms with Gasteiger partial charge in [-0.05, 0) is 12.1 Å². The summed E-state index contributed by atoms with van der Waals surface area (Å²) in [4.78, 5) is 15.3. The fourth-order valence-corrected chi connectivity index (χ4v) is 8.15. The molecule has 6 aromatic carbocycles. The lowest BCUT2D eigenvalue weighted by Crippen LogP contribution is -2.30. The minimum absolute atomic E-state index is 0.00404. The third-order valence-electron chi connectivity index (χ3n) is 10.3. The zero-order valence-corrected chi connectivity index (χ0v) is 27.4. The van der Waals surface area contributed by atoms with E-state index in [1.54, 1.807) is 0 Å². The fourth-order valence-electron chi connectivity index (χ4n) is 8.15. The maximum Gasteiger partial charge on any atom is 0.238 e. The summed E-state index contributed by atoms with van der Waals surface area (Å²) in [6, 6.07) is 50.9. The first kappa shape index (κ1) is 28.0. The van der Waals surface area contributed by atoms with E-state index in [0.717, 1.165) is 33.2 Å². The Kier molecular flexibility index (Phi) is 5.92. The van der Waals surface area contributed by atoms with Gasteiger partial charge < -0.3 is 4.57 Å². The second-order valence-electron chi connectivity index (χ2n) is 13.1. The molecule has 6 heteroatoms. The first-order valence-corrected chi connectivity index (χ1v) is 17.3. The number of nitrogens with zero attached hydrogens (tertiary/aromatic N) is 6. The number of para-hydroxylation sites is 3. The molecule has 0 radical (unpaired) electrons. The van der Waals surface area contributed by atoms with E-state index in [-0.39, 0.29) is 6.04 Å². The van der Waals surface area contributed by atoms with Crippen LogP contribution in [0.15, 0.2) is 170 Å². The second-order valence-corrected chi connectivity index (χ2v) is 13.1. The lowest BCUT2D eigenvalue weighted by atomic mass is 10.0. The van der Waals surface area contributed by atoms with Crippen LogP contribution in [0.5, 0.6) is 0 Å². The van der Waals surface area contributed by atoms with Crippen LogP contribution in [0.25, 0.3) is 72.3 Å². The van der Waals surface area contributed by atoms with Crippen molar-refractivity contribution in [3.8, 4) is 28.7 Å². The first-order chi connectivity index (χ1) is 25.3. The predicted molar refractivity (Wildman–Crippen MR) is 208 cm³/mol. The summed E-state index contributed by atoms with van der Waals surface area (Å²) in [5, 5.41) is 4.81. The van der Waals surface area contributed by atoms with Crippen LogP contribution < -0.4 is 4.58 Å². The highest BCUT2D eigenvalue weighted by Crippen LogP contribution is 2.47. The molecular formula is C45H29N6+. The molecule has 2 aliphatic rings. The van der Waals surface area contributed by atoms with Crippen molar-refractivity contribution >= 4 is 60.7 Å². The summed E-state index contributed by atoms with van der Waals surface area (Å²) in [6.07, 6.45) is 8.90. The molecule has 51 heavy (non-hydrogen) atoms. The van der Waals surface area contributed by atoms with Crippen LogP contribution in [0.3, 0.4) is 0 Å². The Morgan fingerprint density at radius 2 is 1.16 bits per heavy atom. The van der Waals surface area contributed by atoms with Gasteiger partial charge in [-0.2, -0.15) is 14.5 Å². The molecule has 0 fully saturated rings. The number of hydrogen-bond acceptors (Lipinski definition) is 3. The Labute approximate surface area is 293 Å². The average molecular weight is 654 g/mol. The number of hydrogen-bond donors (Lipinski definition) is 0. The van der Waals surface area contributed by atoms with Gasteiger partial charge in [-0.15, -0.1) is 0 Å². The van der Waals surface area contributed by atoms with E-state index in [9.17, 15) is 0 Å². The normalized spacial score (nSPS) is 15.0. The highest BCUT2D eigenvalue weighted by Gasteiger charge is 2.38. The van der Waals surface area contributed by atoms with E-state index in [2.05, 4.69) is 147 Å². The first-order valence-electron chi connectivity index (χ1n) is 17.3. The maximum atomic E-state index is 5.17. The standard InChI is InChI=1S/C45H29N6/c1-4-15-29(16-5-1)43-46-44(30-17-6-2-7-18-30)48-45(47-43)50-35-23-11-10-21-34(35)40-38(50)28-27-33-32-22-14-26-39-41(32)51(42(33)40)37-25-13-12-24-36(37)49(39)31-19-8-3-9-20-31/h1-28,37H/q+1. The monoisotopic (exact) mass is 653 g/mol. The Balaban J connectivity index is 1.26. The van der Waals surface area contributed by atoms with Gasteiger partial charge in [-0.1, -0.05) is 133 Å². The minimum Gasteiger partial charge on any atom is -0.317 e. The number of benzene rings is 6. The third-order valence-corrected chi connectivity index (χ3v) is 10.3. The molecule has 6 nitrogen and oxygen atoms in total. The molecule has 1 aliphatic heterocycles. The van der Waals surface area contributed by atoms with Gasteiger partial charge >= 0.3 is 0 Å². The van der Waals surface area contributed by atoms with Crippen LogP contribution in [0.2, 0.25) is 0 Å². The van der Waals surface area contributed by atoms with E-state index in [1.165, 1.54) is 38.6 Å². The molecule has 4 heterocycles. The molecule has 0 amide bonds. The topological polar surface area (TPSA) is 51.5 Å². The van der Waals surface area contributed by atoms with E-state index < -0.39 is 0 Å². The minimum atomic E-state index is 0.00404. The Morgan fingerprint density at radius 1 is 0.510 bits per heavy atom. The SMILES string of the molecule is C1=CC2=[N+](c3ccccc3)c3cccc4c5ccc6c(c7ccccc7n6-c6nc(-c7ccccc7)nc(-c7ccccc7)n6)c5n(c34)C2C=C1. The Hall–Kier alpha value is -6.92. The predicted octanol–water partition coefficient (Wildman–Crippen LogP) is 10.4. The van der Waals surface area contributed by atoms with Crippen molar-refractivity contribution in [2.75, 3.05) is 0 Å². The number of rotatable bonds is 4. The van der Waals surface area contributed by atoms with Crippen molar-refractivity contribution in [2.24, 2.45) is 0 Å². The molecule has 238 valence electrons. The highest BCUT2D eigenvalue weighted by atomic mass is 15.2. The van der Waals surface area contributed by atoms with Gasteiger partial charge in [0.05, 0.1) is 16.6 Å². The van der Waals surface area contributed by atoms with Gasteiger partial charge in [0.2, 0.25) is 23.0 Å². The molecule has 1 atom stereocenters. The molecule has 1 unspecified atom stereocenters. The summed E-state index contributed by atoms with van der Waals surface area (Å²) >= 11 is 0. The number of allylic oxidation sites excluding steroid dienone is 4. The molecule has 0 bridgehead atoms. The van der Waals surface area contributed by atoms with Gasteiger partial charge in [0.25, 0.3) is 0 Å².